The number of nitrogens with one attached hydrogen (secondary N) is 2. The fourth-order valence-electron chi connectivity index (χ4n) is 2.63. The van der Waals surface area contributed by atoms with Crippen LogP contribution in [0.1, 0.15) is 30.9 Å². The first-order chi connectivity index (χ1) is 12.8. The second-order valence-electron chi connectivity index (χ2n) is 6.20. The first kappa shape index (κ1) is 18.6. The molecule has 3 rings (SSSR count). The summed E-state index contributed by atoms with van der Waals surface area (Å²) in [6.45, 7) is 4.12. The van der Waals surface area contributed by atoms with Gasteiger partial charge < -0.3 is 10.6 Å². The van der Waals surface area contributed by atoms with Crippen molar-refractivity contribution in [3.05, 3.63) is 65.9 Å². The molecule has 2 N–H and O–H groups in total. The van der Waals surface area contributed by atoms with Gasteiger partial charge in [0.2, 0.25) is 5.95 Å². The minimum atomic E-state index is -4.47. The van der Waals surface area contributed by atoms with Gasteiger partial charge in [-0.25, -0.2) is 0 Å². The second kappa shape index (κ2) is 7.61. The predicted molar refractivity (Wildman–Crippen MR) is 98.4 cm³/mol. The van der Waals surface area contributed by atoms with Gasteiger partial charge in [0.05, 0.1) is 17.4 Å². The van der Waals surface area contributed by atoms with Crippen molar-refractivity contribution in [3.63, 3.8) is 0 Å². The minimum Gasteiger partial charge on any atom is -0.338 e. The van der Waals surface area contributed by atoms with E-state index in [2.05, 4.69) is 39.7 Å². The highest BCUT2D eigenvalue weighted by atomic mass is 19.4. The number of benzene rings is 2. The van der Waals surface area contributed by atoms with Crippen LogP contribution in [-0.4, -0.2) is 15.2 Å². The molecule has 5 nitrogen and oxygen atoms in total. The summed E-state index contributed by atoms with van der Waals surface area (Å²) < 4.78 is 39.4. The number of halogens is 3. The summed E-state index contributed by atoms with van der Waals surface area (Å²) in [5.74, 6) is 0.630. The van der Waals surface area contributed by atoms with Crippen LogP contribution in [0.5, 0.6) is 0 Å². The summed E-state index contributed by atoms with van der Waals surface area (Å²) in [7, 11) is 0. The number of rotatable bonds is 5. The van der Waals surface area contributed by atoms with Crippen LogP contribution in [0.4, 0.5) is 36.3 Å². The average molecular weight is 373 g/mol. The maximum atomic E-state index is 13.1. The van der Waals surface area contributed by atoms with Crippen molar-refractivity contribution in [1.82, 2.24) is 15.2 Å². The molecule has 0 saturated carbocycles. The number of hydrogen-bond acceptors (Lipinski definition) is 5. The van der Waals surface area contributed by atoms with Crippen LogP contribution in [-0.2, 0) is 6.18 Å². The highest BCUT2D eigenvalue weighted by Crippen LogP contribution is 2.35. The van der Waals surface area contributed by atoms with E-state index in [9.17, 15) is 13.2 Å². The molecule has 8 heteroatoms. The molecule has 0 aliphatic heterocycles. The van der Waals surface area contributed by atoms with Gasteiger partial charge in [-0.05, 0) is 29.7 Å². The van der Waals surface area contributed by atoms with Crippen LogP contribution in [0.25, 0.3) is 0 Å². The van der Waals surface area contributed by atoms with Crippen molar-refractivity contribution in [3.8, 4) is 0 Å². The number of nitrogens with zero attached hydrogens (tertiary/aromatic N) is 3. The summed E-state index contributed by atoms with van der Waals surface area (Å²) in [6.07, 6.45) is -3.20. The fraction of sp³-hybridized carbons (Fsp3) is 0.211. The van der Waals surface area contributed by atoms with Gasteiger partial charge in [0.25, 0.3) is 0 Å². The molecular weight excluding hydrogens is 355 g/mol. The quantitative estimate of drug-likeness (QED) is 0.618. The Labute approximate surface area is 154 Å². The summed E-state index contributed by atoms with van der Waals surface area (Å²) in [5.41, 5.74) is 1.02. The molecule has 2 aromatic carbocycles. The van der Waals surface area contributed by atoms with Gasteiger partial charge in [-0.15, -0.1) is 5.10 Å². The molecule has 1 heterocycles. The maximum absolute atomic E-state index is 13.1. The third-order valence-electron chi connectivity index (χ3n) is 3.88. The largest absolute Gasteiger partial charge is 0.418 e. The molecule has 0 amide bonds. The SMILES string of the molecule is CC(C)c1ccccc1Nc1nncc(Nc2ccccc2C(F)(F)F)n1. The van der Waals surface area contributed by atoms with E-state index in [1.807, 2.05) is 24.3 Å². The Morgan fingerprint density at radius 1 is 0.889 bits per heavy atom. The highest BCUT2D eigenvalue weighted by molar-refractivity contribution is 5.63. The zero-order valence-corrected chi connectivity index (χ0v) is 14.7. The monoisotopic (exact) mass is 373 g/mol. The normalized spacial score (nSPS) is 11.5. The van der Waals surface area contributed by atoms with Crippen LogP contribution < -0.4 is 10.6 Å². The average Bonchev–Trinajstić information content (AvgIpc) is 2.62. The molecule has 0 bridgehead atoms. The standard InChI is InChI=1S/C19H18F3N5/c1-12(2)13-7-3-5-9-15(13)25-18-26-17(11-23-27-18)24-16-10-6-4-8-14(16)19(20,21)22/h3-12H,1-2H3,(H2,24,25,26,27). The van der Waals surface area contributed by atoms with Crippen molar-refractivity contribution in [2.24, 2.45) is 0 Å². The van der Waals surface area contributed by atoms with Crippen LogP contribution in [0.2, 0.25) is 0 Å². The molecule has 0 saturated heterocycles. The second-order valence-corrected chi connectivity index (χ2v) is 6.20. The smallest absolute Gasteiger partial charge is 0.338 e. The first-order valence-electron chi connectivity index (χ1n) is 8.33. The van der Waals surface area contributed by atoms with E-state index in [1.54, 1.807) is 0 Å². The Hall–Kier alpha value is -3.16. The van der Waals surface area contributed by atoms with Crippen molar-refractivity contribution in [1.29, 1.82) is 0 Å². The van der Waals surface area contributed by atoms with E-state index in [-0.39, 0.29) is 23.4 Å². The summed E-state index contributed by atoms with van der Waals surface area (Å²) in [6, 6.07) is 12.9. The van der Waals surface area contributed by atoms with E-state index in [0.717, 1.165) is 17.3 Å². The lowest BCUT2D eigenvalue weighted by Gasteiger charge is -2.15. The van der Waals surface area contributed by atoms with Crippen LogP contribution >= 0.6 is 0 Å². The Morgan fingerprint density at radius 3 is 2.26 bits per heavy atom. The number of hydrogen-bond donors (Lipinski definition) is 2. The molecule has 1 aromatic heterocycles. The van der Waals surface area contributed by atoms with E-state index >= 15 is 0 Å². The summed E-state index contributed by atoms with van der Waals surface area (Å²) in [4.78, 5) is 4.22. The van der Waals surface area contributed by atoms with Gasteiger partial charge in [-0.2, -0.15) is 23.3 Å². The van der Waals surface area contributed by atoms with Gasteiger partial charge in [-0.3, -0.25) is 0 Å². The lowest BCUT2D eigenvalue weighted by molar-refractivity contribution is -0.136. The molecule has 0 aliphatic carbocycles. The molecular formula is C19H18F3N5. The van der Waals surface area contributed by atoms with E-state index in [1.165, 1.54) is 24.4 Å². The molecule has 0 atom stereocenters. The van der Waals surface area contributed by atoms with Crippen molar-refractivity contribution in [2.45, 2.75) is 25.9 Å². The Morgan fingerprint density at radius 2 is 1.56 bits per heavy atom. The van der Waals surface area contributed by atoms with Crippen LogP contribution in [0.3, 0.4) is 0 Å². The van der Waals surface area contributed by atoms with Gasteiger partial charge >= 0.3 is 6.18 Å². The maximum Gasteiger partial charge on any atom is 0.418 e. The minimum absolute atomic E-state index is 0.0981. The van der Waals surface area contributed by atoms with Crippen LogP contribution in [0.15, 0.2) is 54.7 Å². The topological polar surface area (TPSA) is 62.7 Å². The molecule has 140 valence electrons. The number of para-hydroxylation sites is 2. The lowest BCUT2D eigenvalue weighted by atomic mass is 10.0. The van der Waals surface area contributed by atoms with Gasteiger partial charge in [-0.1, -0.05) is 44.2 Å². The molecule has 0 aliphatic rings. The van der Waals surface area contributed by atoms with Gasteiger partial charge in [0.1, 0.15) is 0 Å². The van der Waals surface area contributed by atoms with E-state index in [4.69, 9.17) is 0 Å². The fourth-order valence-corrected chi connectivity index (χ4v) is 2.63. The third kappa shape index (κ3) is 4.52. The third-order valence-corrected chi connectivity index (χ3v) is 3.88. The zero-order valence-electron chi connectivity index (χ0n) is 14.7. The Balaban J connectivity index is 1.86. The van der Waals surface area contributed by atoms with Crippen molar-refractivity contribution < 1.29 is 13.2 Å². The Kier molecular flexibility index (Phi) is 5.25. The zero-order chi connectivity index (χ0) is 19.4. The molecule has 0 unspecified atom stereocenters. The summed E-state index contributed by atoms with van der Waals surface area (Å²) >= 11 is 0. The highest BCUT2D eigenvalue weighted by Gasteiger charge is 2.33. The van der Waals surface area contributed by atoms with Gasteiger partial charge in [0.15, 0.2) is 5.82 Å². The lowest BCUT2D eigenvalue weighted by Crippen LogP contribution is -2.10. The number of anilines is 4. The van der Waals surface area contributed by atoms with Gasteiger partial charge in [0, 0.05) is 5.69 Å². The van der Waals surface area contributed by atoms with Crippen molar-refractivity contribution >= 4 is 23.1 Å². The predicted octanol–water partition coefficient (Wildman–Crippen LogP) is 5.50. The molecule has 0 radical (unpaired) electrons. The number of aromatic nitrogens is 3. The van der Waals surface area contributed by atoms with E-state index < -0.39 is 11.7 Å². The Bertz CT molecular complexity index is 925. The molecule has 0 spiro atoms. The molecule has 0 fully saturated rings. The van der Waals surface area contributed by atoms with E-state index in [0.29, 0.717) is 0 Å². The van der Waals surface area contributed by atoms with Crippen LogP contribution in [0, 0.1) is 0 Å². The molecule has 27 heavy (non-hydrogen) atoms. The number of alkyl halides is 3. The van der Waals surface area contributed by atoms with Crippen molar-refractivity contribution in [2.75, 3.05) is 10.6 Å². The summed E-state index contributed by atoms with van der Waals surface area (Å²) in [5, 5.41) is 13.5. The first-order valence-corrected chi connectivity index (χ1v) is 8.33. The molecule has 3 aromatic rings.